The van der Waals surface area contributed by atoms with Gasteiger partial charge >= 0.3 is 0 Å². The van der Waals surface area contributed by atoms with Gasteiger partial charge in [0.1, 0.15) is 11.8 Å². The number of rotatable bonds is 12. The molecule has 1 N–H and O–H groups in total. The maximum Gasteiger partial charge on any atom is 0.243 e. The van der Waals surface area contributed by atoms with Crippen LogP contribution in [0.25, 0.3) is 0 Å². The number of carbonyl (C=O) groups excluding carboxylic acids is 2. The highest BCUT2D eigenvalue weighted by atomic mass is 32.2. The van der Waals surface area contributed by atoms with E-state index in [0.717, 1.165) is 27.3 Å². The number of carbonyl (C=O) groups is 2. The minimum Gasteiger partial charge on any atom is -0.497 e. The van der Waals surface area contributed by atoms with Crippen LogP contribution in [0.2, 0.25) is 0 Å². The number of nitrogens with one attached hydrogen (secondary N) is 1. The highest BCUT2D eigenvalue weighted by molar-refractivity contribution is 7.88. The zero-order valence-electron chi connectivity index (χ0n) is 21.3. The second-order valence-corrected chi connectivity index (χ2v) is 10.9. The first-order chi connectivity index (χ1) is 17.7. The van der Waals surface area contributed by atoms with Crippen molar-refractivity contribution in [2.45, 2.75) is 25.6 Å². The van der Waals surface area contributed by atoms with E-state index < -0.39 is 22.0 Å². The number of methoxy groups -OCH3 is 1. The normalized spacial score (nSPS) is 12.1. The molecule has 0 aliphatic heterocycles. The minimum atomic E-state index is -3.60. The Bertz CT molecular complexity index is 1270. The van der Waals surface area contributed by atoms with Crippen LogP contribution in [0, 0.1) is 0 Å². The van der Waals surface area contributed by atoms with Crippen LogP contribution in [0.3, 0.4) is 0 Å². The molecular weight excluding hydrogens is 490 g/mol. The van der Waals surface area contributed by atoms with Crippen molar-refractivity contribution < 1.29 is 22.7 Å². The van der Waals surface area contributed by atoms with Gasteiger partial charge in [-0.2, -0.15) is 4.31 Å². The molecule has 3 rings (SSSR count). The highest BCUT2D eigenvalue weighted by Gasteiger charge is 2.31. The number of nitrogens with zero attached hydrogens (tertiary/aromatic N) is 2. The van der Waals surface area contributed by atoms with E-state index in [1.165, 1.54) is 11.9 Å². The van der Waals surface area contributed by atoms with E-state index in [2.05, 4.69) is 5.32 Å². The van der Waals surface area contributed by atoms with Crippen LogP contribution in [0.5, 0.6) is 5.75 Å². The summed E-state index contributed by atoms with van der Waals surface area (Å²) in [6.45, 7) is 0.0434. The van der Waals surface area contributed by atoms with Gasteiger partial charge in [0.25, 0.3) is 0 Å². The van der Waals surface area contributed by atoms with Crippen molar-refractivity contribution in [3.63, 3.8) is 0 Å². The Balaban J connectivity index is 1.94. The van der Waals surface area contributed by atoms with Crippen LogP contribution >= 0.6 is 0 Å². The van der Waals surface area contributed by atoms with Crippen LogP contribution < -0.4 is 10.1 Å². The molecule has 9 heteroatoms. The van der Waals surface area contributed by atoms with Gasteiger partial charge in [-0.15, -0.1) is 0 Å². The van der Waals surface area contributed by atoms with E-state index in [9.17, 15) is 18.0 Å². The molecule has 0 aromatic heterocycles. The Morgan fingerprint density at radius 3 is 1.97 bits per heavy atom. The van der Waals surface area contributed by atoms with Crippen molar-refractivity contribution in [1.82, 2.24) is 14.5 Å². The molecule has 37 heavy (non-hydrogen) atoms. The summed E-state index contributed by atoms with van der Waals surface area (Å²) in [7, 11) is -0.680. The van der Waals surface area contributed by atoms with Gasteiger partial charge in [0.15, 0.2) is 0 Å². The Morgan fingerprint density at radius 2 is 1.43 bits per heavy atom. The predicted molar refractivity (Wildman–Crippen MR) is 143 cm³/mol. The summed E-state index contributed by atoms with van der Waals surface area (Å²) in [4.78, 5) is 28.6. The average molecular weight is 524 g/mol. The summed E-state index contributed by atoms with van der Waals surface area (Å²) in [5.74, 6) is -0.129. The third kappa shape index (κ3) is 8.44. The molecule has 0 radical (unpaired) electrons. The molecule has 1 atom stereocenters. The molecule has 8 nitrogen and oxygen atoms in total. The van der Waals surface area contributed by atoms with Gasteiger partial charge in [0.05, 0.1) is 19.9 Å². The quantitative estimate of drug-likeness (QED) is 0.394. The Labute approximate surface area is 218 Å². The minimum absolute atomic E-state index is 0.122. The van der Waals surface area contributed by atoms with Crippen LogP contribution in [-0.4, -0.2) is 62.4 Å². The molecule has 196 valence electrons. The molecule has 0 aliphatic carbocycles. The summed E-state index contributed by atoms with van der Waals surface area (Å²) in [5.41, 5.74) is 2.59. The van der Waals surface area contributed by atoms with Gasteiger partial charge in [-0.05, 0) is 28.8 Å². The SMILES string of the molecule is COc1ccc(CN(C(=O)CN(C)S(C)(=O)=O)[C@H](Cc2ccccc2)C(=O)NCc2ccccc2)cc1. The lowest BCUT2D eigenvalue weighted by molar-refractivity contribution is -0.141. The van der Waals surface area contributed by atoms with E-state index >= 15 is 0 Å². The van der Waals surface area contributed by atoms with E-state index in [4.69, 9.17) is 4.74 Å². The van der Waals surface area contributed by atoms with Crippen molar-refractivity contribution in [3.05, 3.63) is 102 Å². The van der Waals surface area contributed by atoms with Crippen molar-refractivity contribution in [1.29, 1.82) is 0 Å². The zero-order valence-corrected chi connectivity index (χ0v) is 22.1. The first kappa shape index (κ1) is 27.9. The Morgan fingerprint density at radius 1 is 0.865 bits per heavy atom. The number of hydrogen-bond acceptors (Lipinski definition) is 5. The largest absolute Gasteiger partial charge is 0.497 e. The monoisotopic (exact) mass is 523 g/mol. The van der Waals surface area contributed by atoms with Crippen LogP contribution in [-0.2, 0) is 39.1 Å². The Kier molecular flexibility index (Phi) is 9.82. The first-order valence-corrected chi connectivity index (χ1v) is 13.7. The van der Waals surface area contributed by atoms with Gasteiger partial charge < -0.3 is 15.0 Å². The van der Waals surface area contributed by atoms with Crippen molar-refractivity contribution >= 4 is 21.8 Å². The van der Waals surface area contributed by atoms with Crippen molar-refractivity contribution in [3.8, 4) is 5.75 Å². The molecule has 0 unspecified atom stereocenters. The molecule has 2 amide bonds. The fourth-order valence-corrected chi connectivity index (χ4v) is 4.13. The van der Waals surface area contributed by atoms with E-state index in [1.807, 2.05) is 72.8 Å². The lowest BCUT2D eigenvalue weighted by atomic mass is 10.0. The molecule has 0 bridgehead atoms. The van der Waals surface area contributed by atoms with Gasteiger partial charge in [-0.1, -0.05) is 72.8 Å². The van der Waals surface area contributed by atoms with Crippen LogP contribution in [0.15, 0.2) is 84.9 Å². The summed E-state index contributed by atoms with van der Waals surface area (Å²) in [6.07, 6.45) is 1.31. The first-order valence-electron chi connectivity index (χ1n) is 11.9. The van der Waals surface area contributed by atoms with E-state index in [1.54, 1.807) is 19.2 Å². The Hall–Kier alpha value is -3.69. The van der Waals surface area contributed by atoms with Crippen LogP contribution in [0.1, 0.15) is 16.7 Å². The summed E-state index contributed by atoms with van der Waals surface area (Å²) < 4.78 is 30.3. The third-order valence-corrected chi connectivity index (χ3v) is 7.28. The highest BCUT2D eigenvalue weighted by Crippen LogP contribution is 2.18. The van der Waals surface area contributed by atoms with E-state index in [-0.39, 0.29) is 25.4 Å². The van der Waals surface area contributed by atoms with Gasteiger partial charge in [-0.25, -0.2) is 8.42 Å². The average Bonchev–Trinajstić information content (AvgIpc) is 2.90. The van der Waals surface area contributed by atoms with E-state index in [0.29, 0.717) is 12.3 Å². The number of sulfonamides is 1. The number of ether oxygens (including phenoxy) is 1. The molecule has 0 saturated carbocycles. The fraction of sp³-hybridized carbons (Fsp3) is 0.286. The molecule has 0 aliphatic rings. The van der Waals surface area contributed by atoms with Crippen molar-refractivity contribution in [2.75, 3.05) is 27.0 Å². The lowest BCUT2D eigenvalue weighted by Crippen LogP contribution is -2.52. The van der Waals surface area contributed by atoms with Gasteiger partial charge in [0, 0.05) is 26.6 Å². The molecule has 0 fully saturated rings. The van der Waals surface area contributed by atoms with Gasteiger partial charge in [-0.3, -0.25) is 9.59 Å². The second kappa shape index (κ2) is 13.0. The number of hydrogen-bond donors (Lipinski definition) is 1. The molecule has 0 spiro atoms. The number of benzene rings is 3. The number of amides is 2. The number of likely N-dealkylation sites (N-methyl/N-ethyl adjacent to an activating group) is 1. The summed E-state index contributed by atoms with van der Waals surface area (Å²) in [6, 6.07) is 25.3. The lowest BCUT2D eigenvalue weighted by Gasteiger charge is -2.32. The molecular formula is C28H33N3O5S. The molecule has 3 aromatic carbocycles. The van der Waals surface area contributed by atoms with Crippen molar-refractivity contribution in [2.24, 2.45) is 0 Å². The summed E-state index contributed by atoms with van der Waals surface area (Å²) >= 11 is 0. The maximum atomic E-state index is 13.6. The fourth-order valence-electron chi connectivity index (χ4n) is 3.78. The maximum absolute atomic E-state index is 13.6. The summed E-state index contributed by atoms with van der Waals surface area (Å²) in [5, 5.41) is 2.96. The smallest absolute Gasteiger partial charge is 0.243 e. The standard InChI is InChI=1S/C28H33N3O5S/c1-30(37(3,34)35)21-27(32)31(20-24-14-16-25(36-2)17-15-24)26(18-22-10-6-4-7-11-22)28(33)29-19-23-12-8-5-9-13-23/h4-17,26H,18-21H2,1-3H3,(H,29,33)/t26-/m1/s1. The molecule has 0 heterocycles. The van der Waals surface area contributed by atoms with Gasteiger partial charge in [0.2, 0.25) is 21.8 Å². The second-order valence-electron chi connectivity index (χ2n) is 8.80. The third-order valence-electron chi connectivity index (χ3n) is 6.02. The van der Waals surface area contributed by atoms with Crippen LogP contribution in [0.4, 0.5) is 0 Å². The molecule has 0 saturated heterocycles. The zero-order chi connectivity index (χ0) is 26.8. The predicted octanol–water partition coefficient (Wildman–Crippen LogP) is 2.84. The molecule has 3 aromatic rings. The topological polar surface area (TPSA) is 96.0 Å².